The Bertz CT molecular complexity index is 758. The van der Waals surface area contributed by atoms with Gasteiger partial charge in [0.05, 0.1) is 18.4 Å². The first-order valence-electron chi connectivity index (χ1n) is 6.32. The Hall–Kier alpha value is -2.41. The minimum Gasteiger partial charge on any atom is -0.346 e. The number of hydrogen-bond acceptors (Lipinski definition) is 6. The third kappa shape index (κ3) is 3.19. The van der Waals surface area contributed by atoms with Gasteiger partial charge in [0.1, 0.15) is 10.8 Å². The molecule has 3 rings (SSSR count). The van der Waals surface area contributed by atoms with E-state index in [-0.39, 0.29) is 5.82 Å². The Morgan fingerprint density at radius 2 is 2.10 bits per heavy atom. The van der Waals surface area contributed by atoms with Crippen LogP contribution in [-0.2, 0) is 6.54 Å². The van der Waals surface area contributed by atoms with Crippen LogP contribution in [0.15, 0.2) is 35.8 Å². The van der Waals surface area contributed by atoms with Gasteiger partial charge < -0.3 is 5.32 Å². The molecule has 0 radical (unpaired) electrons. The molecule has 2 aromatic heterocycles. The highest BCUT2D eigenvalue weighted by atomic mass is 32.1. The molecular weight excluding hydrogens is 289 g/mol. The van der Waals surface area contributed by atoms with Gasteiger partial charge in [-0.25, -0.2) is 14.4 Å². The van der Waals surface area contributed by atoms with Gasteiger partial charge in [0.25, 0.3) is 0 Å². The van der Waals surface area contributed by atoms with Crippen LogP contribution in [0, 0.1) is 12.7 Å². The van der Waals surface area contributed by atoms with Gasteiger partial charge in [-0.05, 0) is 19.1 Å². The summed E-state index contributed by atoms with van der Waals surface area (Å²) in [6, 6.07) is 6.44. The van der Waals surface area contributed by atoms with Gasteiger partial charge in [-0.3, -0.25) is 0 Å². The maximum absolute atomic E-state index is 13.7. The molecule has 0 amide bonds. The lowest BCUT2D eigenvalue weighted by Crippen LogP contribution is -2.05. The Balaban J connectivity index is 1.79. The zero-order chi connectivity index (χ0) is 14.7. The third-order valence-electron chi connectivity index (χ3n) is 2.77. The number of aryl methyl sites for hydroxylation is 1. The first kappa shape index (κ1) is 13.6. The normalized spacial score (nSPS) is 10.6. The molecule has 0 saturated carbocycles. The molecule has 2 heterocycles. The van der Waals surface area contributed by atoms with E-state index < -0.39 is 0 Å². The molecule has 1 N–H and O–H groups in total. The van der Waals surface area contributed by atoms with Crippen molar-refractivity contribution in [3.8, 4) is 11.3 Å². The standard InChI is InChI=1S/C14H12FN5S/c1-9-8-21-13(18-9)7-16-14-19-12(6-17-20-14)10-4-2-3-5-11(10)15/h2-6,8H,7H2,1H3,(H,16,19,20). The first-order valence-corrected chi connectivity index (χ1v) is 7.20. The van der Waals surface area contributed by atoms with Crippen molar-refractivity contribution in [2.24, 2.45) is 0 Å². The summed E-state index contributed by atoms with van der Waals surface area (Å²) in [5.74, 6) is 0.0168. The summed E-state index contributed by atoms with van der Waals surface area (Å²) in [6.07, 6.45) is 1.44. The molecule has 0 bridgehead atoms. The summed E-state index contributed by atoms with van der Waals surface area (Å²) in [4.78, 5) is 8.62. The summed E-state index contributed by atoms with van der Waals surface area (Å²) in [6.45, 7) is 2.46. The molecule has 0 atom stereocenters. The second-order valence-electron chi connectivity index (χ2n) is 4.38. The maximum atomic E-state index is 13.7. The molecule has 21 heavy (non-hydrogen) atoms. The van der Waals surface area contributed by atoms with Gasteiger partial charge in [-0.1, -0.05) is 12.1 Å². The fourth-order valence-corrected chi connectivity index (χ4v) is 2.53. The van der Waals surface area contributed by atoms with Crippen LogP contribution in [0.25, 0.3) is 11.3 Å². The molecule has 0 aliphatic rings. The largest absolute Gasteiger partial charge is 0.346 e. The first-order chi connectivity index (χ1) is 10.2. The summed E-state index contributed by atoms with van der Waals surface area (Å²) in [5.41, 5.74) is 1.83. The lowest BCUT2D eigenvalue weighted by molar-refractivity contribution is 0.630. The molecule has 7 heteroatoms. The lowest BCUT2D eigenvalue weighted by atomic mass is 10.1. The van der Waals surface area contributed by atoms with Crippen LogP contribution in [0.1, 0.15) is 10.7 Å². The number of hydrogen-bond donors (Lipinski definition) is 1. The Kier molecular flexibility index (Phi) is 3.83. The number of thiazole rings is 1. The predicted octanol–water partition coefficient (Wildman–Crippen LogP) is 3.05. The van der Waals surface area contributed by atoms with Gasteiger partial charge in [0.2, 0.25) is 5.95 Å². The van der Waals surface area contributed by atoms with Gasteiger partial charge in [-0.15, -0.1) is 16.4 Å². The minimum atomic E-state index is -0.334. The zero-order valence-corrected chi connectivity index (χ0v) is 12.1. The van der Waals surface area contributed by atoms with Crippen LogP contribution < -0.4 is 5.32 Å². The number of aromatic nitrogens is 4. The van der Waals surface area contributed by atoms with Crippen LogP contribution >= 0.6 is 11.3 Å². The van der Waals surface area contributed by atoms with Crippen molar-refractivity contribution in [2.45, 2.75) is 13.5 Å². The van der Waals surface area contributed by atoms with E-state index in [2.05, 4.69) is 25.5 Å². The quantitative estimate of drug-likeness (QED) is 0.802. The number of nitrogens with one attached hydrogen (secondary N) is 1. The third-order valence-corrected chi connectivity index (χ3v) is 3.74. The fraction of sp³-hybridized carbons (Fsp3) is 0.143. The molecule has 0 aliphatic heterocycles. The Morgan fingerprint density at radius 3 is 2.86 bits per heavy atom. The summed E-state index contributed by atoms with van der Waals surface area (Å²) in [5, 5.41) is 13.7. The fourth-order valence-electron chi connectivity index (χ4n) is 1.82. The van der Waals surface area contributed by atoms with E-state index in [1.807, 2.05) is 12.3 Å². The molecule has 3 aromatic rings. The highest BCUT2D eigenvalue weighted by Crippen LogP contribution is 2.20. The predicted molar refractivity (Wildman–Crippen MR) is 79.4 cm³/mol. The topological polar surface area (TPSA) is 63.6 Å². The number of benzene rings is 1. The van der Waals surface area contributed by atoms with Gasteiger partial charge >= 0.3 is 0 Å². The number of anilines is 1. The van der Waals surface area contributed by atoms with Crippen molar-refractivity contribution in [1.82, 2.24) is 20.2 Å². The van der Waals surface area contributed by atoms with E-state index in [1.54, 1.807) is 29.5 Å². The molecule has 0 fully saturated rings. The van der Waals surface area contributed by atoms with Gasteiger partial charge in [0.15, 0.2) is 0 Å². The van der Waals surface area contributed by atoms with E-state index >= 15 is 0 Å². The molecule has 0 unspecified atom stereocenters. The number of nitrogens with zero attached hydrogens (tertiary/aromatic N) is 4. The molecule has 0 saturated heterocycles. The Morgan fingerprint density at radius 1 is 1.24 bits per heavy atom. The molecule has 1 aromatic carbocycles. The van der Waals surface area contributed by atoms with E-state index in [0.29, 0.717) is 23.8 Å². The highest BCUT2D eigenvalue weighted by Gasteiger charge is 2.08. The van der Waals surface area contributed by atoms with Crippen LogP contribution in [0.2, 0.25) is 0 Å². The molecule has 0 aliphatic carbocycles. The molecular formula is C14H12FN5S. The van der Waals surface area contributed by atoms with E-state index in [0.717, 1.165) is 10.7 Å². The van der Waals surface area contributed by atoms with E-state index in [9.17, 15) is 4.39 Å². The van der Waals surface area contributed by atoms with Crippen LogP contribution in [0.5, 0.6) is 0 Å². The number of halogens is 1. The number of rotatable bonds is 4. The van der Waals surface area contributed by atoms with Crippen LogP contribution in [-0.4, -0.2) is 20.2 Å². The molecule has 106 valence electrons. The zero-order valence-electron chi connectivity index (χ0n) is 11.2. The van der Waals surface area contributed by atoms with Gasteiger partial charge in [0, 0.05) is 16.6 Å². The van der Waals surface area contributed by atoms with Crippen molar-refractivity contribution in [3.63, 3.8) is 0 Å². The maximum Gasteiger partial charge on any atom is 0.243 e. The Labute approximate surface area is 124 Å². The van der Waals surface area contributed by atoms with Crippen molar-refractivity contribution < 1.29 is 4.39 Å². The SMILES string of the molecule is Cc1csc(CNc2nncc(-c3ccccc3F)n2)n1. The smallest absolute Gasteiger partial charge is 0.243 e. The molecule has 5 nitrogen and oxygen atoms in total. The van der Waals surface area contributed by atoms with Crippen molar-refractivity contribution >= 4 is 17.3 Å². The average Bonchev–Trinajstić information content (AvgIpc) is 2.92. The summed E-state index contributed by atoms with van der Waals surface area (Å²) in [7, 11) is 0. The summed E-state index contributed by atoms with van der Waals surface area (Å²) >= 11 is 1.56. The van der Waals surface area contributed by atoms with Crippen LogP contribution in [0.3, 0.4) is 0 Å². The highest BCUT2D eigenvalue weighted by molar-refractivity contribution is 7.09. The van der Waals surface area contributed by atoms with E-state index in [4.69, 9.17) is 0 Å². The van der Waals surface area contributed by atoms with Crippen molar-refractivity contribution in [2.75, 3.05) is 5.32 Å². The monoisotopic (exact) mass is 301 g/mol. The lowest BCUT2D eigenvalue weighted by Gasteiger charge is -2.05. The second kappa shape index (κ2) is 5.92. The molecule has 0 spiro atoms. The van der Waals surface area contributed by atoms with Gasteiger partial charge in [-0.2, -0.15) is 5.10 Å². The van der Waals surface area contributed by atoms with Crippen molar-refractivity contribution in [1.29, 1.82) is 0 Å². The van der Waals surface area contributed by atoms with E-state index in [1.165, 1.54) is 12.3 Å². The second-order valence-corrected chi connectivity index (χ2v) is 5.32. The average molecular weight is 301 g/mol. The minimum absolute atomic E-state index is 0.334. The van der Waals surface area contributed by atoms with Crippen LogP contribution in [0.4, 0.5) is 10.3 Å². The van der Waals surface area contributed by atoms with Crippen molar-refractivity contribution in [3.05, 3.63) is 52.4 Å². The summed E-state index contributed by atoms with van der Waals surface area (Å²) < 4.78 is 13.7.